The molecule has 1 aromatic heterocycles. The van der Waals surface area contributed by atoms with Gasteiger partial charge >= 0.3 is 5.97 Å². The third kappa shape index (κ3) is 3.90. The minimum Gasteiger partial charge on any atom is -0.475 e. The van der Waals surface area contributed by atoms with Crippen LogP contribution < -0.4 is 5.32 Å². The molecular formula is C11H17NO3S. The largest absolute Gasteiger partial charge is 0.475 e. The summed E-state index contributed by atoms with van der Waals surface area (Å²) in [6.45, 7) is 2.87. The molecule has 0 bridgehead atoms. The summed E-state index contributed by atoms with van der Waals surface area (Å²) in [7, 11) is 0. The van der Waals surface area contributed by atoms with Crippen molar-refractivity contribution in [3.8, 4) is 0 Å². The van der Waals surface area contributed by atoms with Gasteiger partial charge in [0, 0.05) is 0 Å². The Bertz CT molecular complexity index is 338. The molecule has 0 spiro atoms. The van der Waals surface area contributed by atoms with E-state index in [-0.39, 0.29) is 11.8 Å². The molecule has 4 nitrogen and oxygen atoms in total. The first kappa shape index (κ1) is 13.1. The summed E-state index contributed by atoms with van der Waals surface area (Å²) in [5, 5.41) is 12.0. The summed E-state index contributed by atoms with van der Waals surface area (Å²) in [6.07, 6.45) is 3.17. The van der Waals surface area contributed by atoms with E-state index in [2.05, 4.69) is 11.6 Å². The summed E-state index contributed by atoms with van der Waals surface area (Å²) < 4.78 is 5.20. The van der Waals surface area contributed by atoms with Crippen LogP contribution >= 0.6 is 11.8 Å². The van der Waals surface area contributed by atoms with E-state index in [0.29, 0.717) is 5.76 Å². The first-order valence-corrected chi connectivity index (χ1v) is 6.60. The molecule has 0 saturated carbocycles. The van der Waals surface area contributed by atoms with Gasteiger partial charge < -0.3 is 14.8 Å². The number of furan rings is 1. The number of thioether (sulfide) groups is 1. The minimum atomic E-state index is -1.03. The van der Waals surface area contributed by atoms with Crippen LogP contribution in [0.15, 0.2) is 16.5 Å². The molecule has 90 valence electrons. The highest BCUT2D eigenvalue weighted by Crippen LogP contribution is 2.16. The third-order valence-corrected chi connectivity index (χ3v) is 2.94. The summed E-state index contributed by atoms with van der Waals surface area (Å²) in [4.78, 5) is 10.6. The number of aromatic carboxylic acids is 1. The lowest BCUT2D eigenvalue weighted by molar-refractivity contribution is 0.0659. The molecule has 0 radical (unpaired) electrons. The fourth-order valence-electron chi connectivity index (χ4n) is 1.34. The molecule has 1 atom stereocenters. The zero-order valence-electron chi connectivity index (χ0n) is 9.53. The smallest absolute Gasteiger partial charge is 0.371 e. The molecule has 0 aliphatic heterocycles. The van der Waals surface area contributed by atoms with Crippen LogP contribution in [0.3, 0.4) is 0 Å². The molecule has 0 aromatic carbocycles. The lowest BCUT2D eigenvalue weighted by Gasteiger charge is -2.10. The number of rotatable bonds is 7. The van der Waals surface area contributed by atoms with Crippen molar-refractivity contribution in [2.24, 2.45) is 0 Å². The van der Waals surface area contributed by atoms with E-state index in [4.69, 9.17) is 9.52 Å². The lowest BCUT2D eigenvalue weighted by Crippen LogP contribution is -2.19. The zero-order chi connectivity index (χ0) is 12.0. The SMILES string of the molecule is CSCCCNC(C)c1ccc(C(=O)O)o1. The third-order valence-electron chi connectivity index (χ3n) is 2.24. The molecule has 1 unspecified atom stereocenters. The molecule has 0 aliphatic carbocycles. The van der Waals surface area contributed by atoms with E-state index < -0.39 is 5.97 Å². The topological polar surface area (TPSA) is 62.5 Å². The Morgan fingerprint density at radius 3 is 2.94 bits per heavy atom. The molecule has 1 aromatic rings. The Labute approximate surface area is 99.4 Å². The standard InChI is InChI=1S/C11H17NO3S/c1-8(12-6-3-7-16-2)9-4-5-10(15-9)11(13)14/h4-5,8,12H,3,6-7H2,1-2H3,(H,13,14). The van der Waals surface area contributed by atoms with E-state index in [1.54, 1.807) is 6.07 Å². The van der Waals surface area contributed by atoms with Crippen LogP contribution in [0.4, 0.5) is 0 Å². The van der Waals surface area contributed by atoms with Crippen molar-refractivity contribution >= 4 is 17.7 Å². The first-order valence-electron chi connectivity index (χ1n) is 5.20. The van der Waals surface area contributed by atoms with Gasteiger partial charge in [0.15, 0.2) is 0 Å². The van der Waals surface area contributed by atoms with Gasteiger partial charge in [-0.3, -0.25) is 0 Å². The van der Waals surface area contributed by atoms with Crippen LogP contribution in [0.5, 0.6) is 0 Å². The zero-order valence-corrected chi connectivity index (χ0v) is 10.3. The Morgan fingerprint density at radius 2 is 2.38 bits per heavy atom. The van der Waals surface area contributed by atoms with Crippen LogP contribution in [-0.4, -0.2) is 29.6 Å². The second-order valence-corrected chi connectivity index (χ2v) is 4.51. The molecule has 16 heavy (non-hydrogen) atoms. The van der Waals surface area contributed by atoms with Gasteiger partial charge in [0.25, 0.3) is 0 Å². The molecule has 0 saturated heterocycles. The van der Waals surface area contributed by atoms with Crippen LogP contribution in [0.2, 0.25) is 0 Å². The van der Waals surface area contributed by atoms with Gasteiger partial charge in [0.1, 0.15) is 5.76 Å². The molecule has 0 amide bonds. The fourth-order valence-corrected chi connectivity index (χ4v) is 1.77. The lowest BCUT2D eigenvalue weighted by atomic mass is 10.2. The average molecular weight is 243 g/mol. The maximum atomic E-state index is 10.6. The summed E-state index contributed by atoms with van der Waals surface area (Å²) >= 11 is 1.82. The van der Waals surface area contributed by atoms with Gasteiger partial charge in [0.05, 0.1) is 6.04 Å². The monoisotopic (exact) mass is 243 g/mol. The van der Waals surface area contributed by atoms with Gasteiger partial charge in [-0.15, -0.1) is 0 Å². The Morgan fingerprint density at radius 1 is 1.62 bits per heavy atom. The molecule has 2 N–H and O–H groups in total. The van der Waals surface area contributed by atoms with Crippen molar-refractivity contribution in [1.29, 1.82) is 0 Å². The molecule has 5 heteroatoms. The fraction of sp³-hybridized carbons (Fsp3) is 0.545. The Balaban J connectivity index is 2.40. The molecule has 1 rings (SSSR count). The number of carboxylic acids is 1. The predicted octanol–water partition coefficient (Wildman–Crippen LogP) is 2.38. The van der Waals surface area contributed by atoms with Crippen LogP contribution in [0.25, 0.3) is 0 Å². The maximum Gasteiger partial charge on any atom is 0.371 e. The maximum absolute atomic E-state index is 10.6. The van der Waals surface area contributed by atoms with Gasteiger partial charge in [0.2, 0.25) is 5.76 Å². The van der Waals surface area contributed by atoms with E-state index >= 15 is 0 Å². The second kappa shape index (κ2) is 6.60. The summed E-state index contributed by atoms with van der Waals surface area (Å²) in [5.41, 5.74) is 0. The highest BCUT2D eigenvalue weighted by Gasteiger charge is 2.13. The van der Waals surface area contributed by atoms with Gasteiger partial charge in [-0.2, -0.15) is 11.8 Å². The van der Waals surface area contributed by atoms with Crippen LogP contribution in [-0.2, 0) is 0 Å². The number of carbonyl (C=O) groups is 1. The van der Waals surface area contributed by atoms with Gasteiger partial charge in [-0.05, 0) is 44.0 Å². The van der Waals surface area contributed by atoms with E-state index in [0.717, 1.165) is 18.7 Å². The second-order valence-electron chi connectivity index (χ2n) is 3.53. The van der Waals surface area contributed by atoms with Gasteiger partial charge in [-0.25, -0.2) is 4.79 Å². The number of carboxylic acid groups (broad SMARTS) is 1. The highest BCUT2D eigenvalue weighted by atomic mass is 32.2. The minimum absolute atomic E-state index is 0.00670. The number of nitrogens with one attached hydrogen (secondary N) is 1. The van der Waals surface area contributed by atoms with Crippen molar-refractivity contribution in [1.82, 2.24) is 5.32 Å². The van der Waals surface area contributed by atoms with E-state index in [1.807, 2.05) is 18.7 Å². The number of hydrogen-bond acceptors (Lipinski definition) is 4. The quantitative estimate of drug-likeness (QED) is 0.720. The van der Waals surface area contributed by atoms with Crippen molar-refractivity contribution in [2.75, 3.05) is 18.6 Å². The molecule has 0 aliphatic rings. The summed E-state index contributed by atoms with van der Waals surface area (Å²) in [6, 6.07) is 3.24. The van der Waals surface area contributed by atoms with Crippen molar-refractivity contribution in [3.05, 3.63) is 23.7 Å². The van der Waals surface area contributed by atoms with Crippen LogP contribution in [0.1, 0.15) is 35.7 Å². The van der Waals surface area contributed by atoms with E-state index in [9.17, 15) is 4.79 Å². The Kier molecular flexibility index (Phi) is 5.42. The predicted molar refractivity (Wildman–Crippen MR) is 65.1 cm³/mol. The van der Waals surface area contributed by atoms with Crippen LogP contribution in [0, 0.1) is 0 Å². The highest BCUT2D eigenvalue weighted by molar-refractivity contribution is 7.98. The Hall–Kier alpha value is -0.940. The normalized spacial score (nSPS) is 12.6. The van der Waals surface area contributed by atoms with Crippen molar-refractivity contribution < 1.29 is 14.3 Å². The summed E-state index contributed by atoms with van der Waals surface area (Å²) in [5.74, 6) is 0.758. The van der Waals surface area contributed by atoms with Gasteiger partial charge in [-0.1, -0.05) is 0 Å². The number of hydrogen-bond donors (Lipinski definition) is 2. The molecule has 0 fully saturated rings. The van der Waals surface area contributed by atoms with Crippen molar-refractivity contribution in [2.45, 2.75) is 19.4 Å². The molecular weight excluding hydrogens is 226 g/mol. The molecule has 1 heterocycles. The van der Waals surface area contributed by atoms with E-state index in [1.165, 1.54) is 6.07 Å². The average Bonchev–Trinajstić information content (AvgIpc) is 2.73. The van der Waals surface area contributed by atoms with Crippen molar-refractivity contribution in [3.63, 3.8) is 0 Å². The first-order chi connectivity index (χ1) is 7.65.